The maximum Gasteiger partial charge on any atom is 0.267 e. The van der Waals surface area contributed by atoms with Crippen molar-refractivity contribution in [2.24, 2.45) is 0 Å². The molecule has 24 heavy (non-hydrogen) atoms. The molecule has 1 amide bonds. The average molecular weight is 346 g/mol. The zero-order valence-corrected chi connectivity index (χ0v) is 14.6. The molecule has 128 valence electrons. The quantitative estimate of drug-likeness (QED) is 0.694. The van der Waals surface area contributed by atoms with Crippen LogP contribution in [0.15, 0.2) is 41.1 Å². The van der Waals surface area contributed by atoms with Gasteiger partial charge in [0, 0.05) is 41.8 Å². The number of carbonyl (C=O) groups is 1. The van der Waals surface area contributed by atoms with E-state index in [1.54, 1.807) is 11.8 Å². The molecule has 7 heteroatoms. The first kappa shape index (κ1) is 16.9. The van der Waals surface area contributed by atoms with Crippen LogP contribution in [0.4, 0.5) is 0 Å². The summed E-state index contributed by atoms with van der Waals surface area (Å²) in [6.07, 6.45) is 4.42. The van der Waals surface area contributed by atoms with Crippen LogP contribution in [0.1, 0.15) is 13.3 Å². The van der Waals surface area contributed by atoms with E-state index in [1.165, 1.54) is 0 Å². The average Bonchev–Trinajstić information content (AvgIpc) is 3.14. The summed E-state index contributed by atoms with van der Waals surface area (Å²) in [5.74, 6) is -0.0776. The van der Waals surface area contributed by atoms with Crippen molar-refractivity contribution in [1.82, 2.24) is 20.4 Å². The van der Waals surface area contributed by atoms with Crippen LogP contribution in [-0.2, 0) is 4.79 Å². The molecule has 2 atom stereocenters. The van der Waals surface area contributed by atoms with E-state index in [1.807, 2.05) is 30.3 Å². The minimum Gasteiger partial charge on any atom is -0.396 e. The molecule has 2 heterocycles. The van der Waals surface area contributed by atoms with Gasteiger partial charge >= 0.3 is 0 Å². The third kappa shape index (κ3) is 3.42. The van der Waals surface area contributed by atoms with Crippen LogP contribution >= 0.6 is 11.8 Å². The van der Waals surface area contributed by atoms with Crippen LogP contribution < -0.4 is 5.32 Å². The molecule has 1 aliphatic heterocycles. The van der Waals surface area contributed by atoms with Crippen LogP contribution in [-0.4, -0.2) is 57.6 Å². The predicted octanol–water partition coefficient (Wildman–Crippen LogP) is 1.74. The molecule has 0 radical (unpaired) electrons. The fourth-order valence-electron chi connectivity index (χ4n) is 2.74. The topological polar surface area (TPSA) is 81.2 Å². The monoisotopic (exact) mass is 346 g/mol. The molecule has 1 aliphatic rings. The zero-order valence-electron chi connectivity index (χ0n) is 13.8. The Morgan fingerprint density at radius 3 is 3.12 bits per heavy atom. The number of benzene rings is 1. The van der Waals surface area contributed by atoms with Crippen LogP contribution in [0.3, 0.4) is 0 Å². The molecule has 3 rings (SSSR count). The number of fused-ring (bicyclic) bond motifs is 1. The molecular weight excluding hydrogens is 324 g/mol. The van der Waals surface area contributed by atoms with E-state index >= 15 is 0 Å². The third-order valence-corrected chi connectivity index (χ3v) is 5.65. The minimum atomic E-state index is -0.0776. The van der Waals surface area contributed by atoms with E-state index in [4.69, 9.17) is 5.11 Å². The number of amides is 1. The molecule has 1 aromatic carbocycles. The minimum absolute atomic E-state index is 0.0776. The molecule has 0 saturated heterocycles. The Labute approximate surface area is 145 Å². The van der Waals surface area contributed by atoms with Crippen LogP contribution in [0.2, 0.25) is 0 Å². The fraction of sp³-hybridized carbons (Fsp3) is 0.412. The highest BCUT2D eigenvalue weighted by atomic mass is 32.2. The standard InChI is InChI=1S/C17H22N4O2S/c1-11-16(9-15(21(11)2)17(23)18-6-3-7-22)24-13-4-5-14-12(8-13)10-19-20-14/h4-5,8-11,16,22H,3,6-7H2,1-2H3,(H,18,23)(H,19,20). The largest absolute Gasteiger partial charge is 0.396 e. The van der Waals surface area contributed by atoms with Gasteiger partial charge in [0.1, 0.15) is 0 Å². The number of likely N-dealkylation sites (N-methyl/N-ethyl adjacent to an activating group) is 1. The van der Waals surface area contributed by atoms with Crippen molar-refractivity contribution in [3.05, 3.63) is 36.2 Å². The van der Waals surface area contributed by atoms with E-state index in [0.717, 1.165) is 15.8 Å². The highest BCUT2D eigenvalue weighted by Crippen LogP contribution is 2.35. The number of hydrogen-bond acceptors (Lipinski definition) is 5. The third-order valence-electron chi connectivity index (χ3n) is 4.33. The van der Waals surface area contributed by atoms with Gasteiger partial charge in [-0.25, -0.2) is 0 Å². The Hall–Kier alpha value is -1.99. The molecule has 6 nitrogen and oxygen atoms in total. The van der Waals surface area contributed by atoms with Gasteiger partial charge in [-0.05, 0) is 37.6 Å². The number of nitrogens with zero attached hydrogens (tertiary/aromatic N) is 2. The van der Waals surface area contributed by atoms with Crippen molar-refractivity contribution in [3.8, 4) is 0 Å². The van der Waals surface area contributed by atoms with Crippen molar-refractivity contribution < 1.29 is 9.90 Å². The van der Waals surface area contributed by atoms with Crippen molar-refractivity contribution >= 4 is 28.6 Å². The maximum atomic E-state index is 12.3. The van der Waals surface area contributed by atoms with Crippen molar-refractivity contribution in [1.29, 1.82) is 0 Å². The molecule has 3 N–H and O–H groups in total. The van der Waals surface area contributed by atoms with Gasteiger partial charge in [0.15, 0.2) is 0 Å². The highest BCUT2D eigenvalue weighted by Gasteiger charge is 2.32. The molecule has 2 unspecified atom stereocenters. The first-order valence-corrected chi connectivity index (χ1v) is 8.91. The molecule has 0 spiro atoms. The number of thioether (sulfide) groups is 1. The second kappa shape index (κ2) is 7.27. The Bertz CT molecular complexity index is 758. The lowest BCUT2D eigenvalue weighted by Crippen LogP contribution is -2.36. The van der Waals surface area contributed by atoms with Crippen LogP contribution in [0, 0.1) is 0 Å². The van der Waals surface area contributed by atoms with E-state index in [2.05, 4.69) is 34.6 Å². The lowest BCUT2D eigenvalue weighted by molar-refractivity contribution is -0.118. The first-order valence-electron chi connectivity index (χ1n) is 8.03. The number of hydrogen-bond donors (Lipinski definition) is 3. The number of aromatic nitrogens is 2. The molecule has 1 aromatic heterocycles. The summed E-state index contributed by atoms with van der Waals surface area (Å²) in [5.41, 5.74) is 1.72. The van der Waals surface area contributed by atoms with Gasteiger partial charge in [-0.3, -0.25) is 9.89 Å². The van der Waals surface area contributed by atoms with Gasteiger partial charge < -0.3 is 15.3 Å². The molecule has 0 aliphatic carbocycles. The molecule has 0 saturated carbocycles. The highest BCUT2D eigenvalue weighted by molar-refractivity contribution is 8.00. The first-order chi connectivity index (χ1) is 11.6. The van der Waals surface area contributed by atoms with Crippen molar-refractivity contribution in [2.75, 3.05) is 20.2 Å². The Balaban J connectivity index is 1.71. The maximum absolute atomic E-state index is 12.3. The normalized spacial score (nSPS) is 20.5. The summed E-state index contributed by atoms with van der Waals surface area (Å²) >= 11 is 1.75. The number of rotatable bonds is 6. The lowest BCUT2D eigenvalue weighted by Gasteiger charge is -2.24. The number of H-pyrrole nitrogens is 1. The second-order valence-corrected chi connectivity index (χ2v) is 7.19. The van der Waals surface area contributed by atoms with Gasteiger partial charge in [-0.2, -0.15) is 5.10 Å². The molecular formula is C17H22N4O2S. The summed E-state index contributed by atoms with van der Waals surface area (Å²) < 4.78 is 0. The predicted molar refractivity (Wildman–Crippen MR) is 95.8 cm³/mol. The van der Waals surface area contributed by atoms with Gasteiger partial charge in [0.2, 0.25) is 0 Å². The summed E-state index contributed by atoms with van der Waals surface area (Å²) in [7, 11) is 1.95. The number of carbonyl (C=O) groups excluding carboxylic acids is 1. The SMILES string of the molecule is CC1C(Sc2ccc3[nH]ncc3c2)C=C(C(=O)NCCCO)N1C. The fourth-order valence-corrected chi connectivity index (χ4v) is 3.98. The van der Waals surface area contributed by atoms with E-state index < -0.39 is 0 Å². The van der Waals surface area contributed by atoms with Gasteiger partial charge in [0.25, 0.3) is 5.91 Å². The zero-order chi connectivity index (χ0) is 17.1. The summed E-state index contributed by atoms with van der Waals surface area (Å²) in [5, 5.41) is 20.0. The Morgan fingerprint density at radius 2 is 2.33 bits per heavy atom. The lowest BCUT2D eigenvalue weighted by atomic mass is 10.2. The van der Waals surface area contributed by atoms with Gasteiger partial charge in [0.05, 0.1) is 17.4 Å². The molecule has 2 aromatic rings. The number of aromatic amines is 1. The van der Waals surface area contributed by atoms with E-state index in [9.17, 15) is 4.79 Å². The summed E-state index contributed by atoms with van der Waals surface area (Å²) in [6, 6.07) is 6.45. The van der Waals surface area contributed by atoms with E-state index in [0.29, 0.717) is 18.7 Å². The smallest absolute Gasteiger partial charge is 0.267 e. The number of nitrogens with one attached hydrogen (secondary N) is 2. The summed E-state index contributed by atoms with van der Waals surface area (Å²) in [6.45, 7) is 2.70. The van der Waals surface area contributed by atoms with Crippen LogP contribution in [0.5, 0.6) is 0 Å². The van der Waals surface area contributed by atoms with E-state index in [-0.39, 0.29) is 23.8 Å². The van der Waals surface area contributed by atoms with Crippen molar-refractivity contribution in [2.45, 2.75) is 29.5 Å². The molecule has 0 fully saturated rings. The Morgan fingerprint density at radius 1 is 1.50 bits per heavy atom. The van der Waals surface area contributed by atoms with Gasteiger partial charge in [-0.1, -0.05) is 0 Å². The molecule has 0 bridgehead atoms. The van der Waals surface area contributed by atoms with Gasteiger partial charge in [-0.15, -0.1) is 11.8 Å². The van der Waals surface area contributed by atoms with Crippen molar-refractivity contribution in [3.63, 3.8) is 0 Å². The number of aliphatic hydroxyl groups is 1. The second-order valence-electron chi connectivity index (χ2n) is 5.94. The Kier molecular flexibility index (Phi) is 5.11. The summed E-state index contributed by atoms with van der Waals surface area (Å²) in [4.78, 5) is 15.5. The van der Waals surface area contributed by atoms with Crippen LogP contribution in [0.25, 0.3) is 10.9 Å². The number of aliphatic hydroxyl groups excluding tert-OH is 1.